The van der Waals surface area contributed by atoms with Crippen molar-refractivity contribution >= 4 is 23.4 Å². The average molecular weight is 355 g/mol. The molecule has 3 heterocycles. The molecule has 1 amide bonds. The Kier molecular flexibility index (Phi) is 5.30. The Bertz CT molecular complexity index is 872. The average Bonchev–Trinajstić information content (AvgIpc) is 3.20. The van der Waals surface area contributed by atoms with E-state index in [1.165, 1.54) is 11.8 Å². The van der Waals surface area contributed by atoms with E-state index in [0.29, 0.717) is 23.2 Å². The predicted molar refractivity (Wildman–Crippen MR) is 96.2 cm³/mol. The van der Waals surface area contributed by atoms with Gasteiger partial charge in [-0.3, -0.25) is 14.3 Å². The lowest BCUT2D eigenvalue weighted by molar-refractivity contribution is -0.113. The van der Waals surface area contributed by atoms with Crippen molar-refractivity contribution in [3.63, 3.8) is 0 Å². The molecule has 0 saturated carbocycles. The minimum absolute atomic E-state index is 0.132. The molecule has 0 bridgehead atoms. The molecule has 0 atom stereocenters. The summed E-state index contributed by atoms with van der Waals surface area (Å²) in [5, 5.41) is 11.9. The lowest BCUT2D eigenvalue weighted by atomic mass is 10.2. The minimum atomic E-state index is -0.132. The normalized spacial score (nSPS) is 10.6. The molecule has 0 unspecified atom stereocenters. The SMILES string of the molecule is C=CCn1c(SCC(=O)Nc2cccnc2)nnc1-c1ccoc1C. The van der Waals surface area contributed by atoms with Gasteiger partial charge in [0.05, 0.1) is 29.5 Å². The van der Waals surface area contributed by atoms with E-state index >= 15 is 0 Å². The van der Waals surface area contributed by atoms with E-state index in [9.17, 15) is 4.79 Å². The van der Waals surface area contributed by atoms with E-state index in [0.717, 1.165) is 11.3 Å². The van der Waals surface area contributed by atoms with Crippen molar-refractivity contribution in [2.45, 2.75) is 18.6 Å². The van der Waals surface area contributed by atoms with E-state index in [1.54, 1.807) is 36.9 Å². The Morgan fingerprint density at radius 2 is 2.32 bits per heavy atom. The number of pyridine rings is 1. The highest BCUT2D eigenvalue weighted by atomic mass is 32.2. The summed E-state index contributed by atoms with van der Waals surface area (Å²) in [6.07, 6.45) is 6.64. The van der Waals surface area contributed by atoms with Gasteiger partial charge in [0, 0.05) is 12.7 Å². The Labute approximate surface area is 149 Å². The van der Waals surface area contributed by atoms with Crippen LogP contribution in [0.15, 0.2) is 59.1 Å². The van der Waals surface area contributed by atoms with Gasteiger partial charge in [-0.05, 0) is 25.1 Å². The quantitative estimate of drug-likeness (QED) is 0.517. The van der Waals surface area contributed by atoms with Crippen LogP contribution in [0.25, 0.3) is 11.4 Å². The predicted octanol–water partition coefficient (Wildman–Crippen LogP) is 3.16. The van der Waals surface area contributed by atoms with Gasteiger partial charge in [-0.1, -0.05) is 17.8 Å². The van der Waals surface area contributed by atoms with Crippen LogP contribution < -0.4 is 5.32 Å². The second kappa shape index (κ2) is 7.80. The standard InChI is InChI=1S/C17H17N5O2S/c1-3-8-22-16(14-6-9-24-12(14)2)20-21-17(22)25-11-15(23)19-13-5-4-7-18-10-13/h3-7,9-10H,1,8,11H2,2H3,(H,19,23). The number of aryl methyl sites for hydroxylation is 1. The van der Waals surface area contributed by atoms with Crippen molar-refractivity contribution in [2.75, 3.05) is 11.1 Å². The molecule has 0 radical (unpaired) electrons. The van der Waals surface area contributed by atoms with Crippen molar-refractivity contribution in [1.29, 1.82) is 0 Å². The van der Waals surface area contributed by atoms with Crippen molar-refractivity contribution in [2.24, 2.45) is 0 Å². The van der Waals surface area contributed by atoms with E-state index in [-0.39, 0.29) is 11.7 Å². The Balaban J connectivity index is 1.72. The summed E-state index contributed by atoms with van der Waals surface area (Å²) >= 11 is 1.32. The fourth-order valence-corrected chi connectivity index (χ4v) is 3.02. The highest BCUT2D eigenvalue weighted by molar-refractivity contribution is 7.99. The van der Waals surface area contributed by atoms with Crippen LogP contribution in [0.1, 0.15) is 5.76 Å². The molecular weight excluding hydrogens is 338 g/mol. The summed E-state index contributed by atoms with van der Waals surface area (Å²) in [6.45, 7) is 6.19. The number of aromatic nitrogens is 4. The van der Waals surface area contributed by atoms with Gasteiger partial charge >= 0.3 is 0 Å². The zero-order chi connectivity index (χ0) is 17.6. The maximum absolute atomic E-state index is 12.1. The van der Waals surface area contributed by atoms with Crippen molar-refractivity contribution in [1.82, 2.24) is 19.7 Å². The zero-order valence-electron chi connectivity index (χ0n) is 13.7. The highest BCUT2D eigenvalue weighted by Crippen LogP contribution is 2.27. The number of nitrogens with zero attached hydrogens (tertiary/aromatic N) is 4. The first kappa shape index (κ1) is 17.0. The number of thioether (sulfide) groups is 1. The third-order valence-electron chi connectivity index (χ3n) is 3.41. The second-order valence-electron chi connectivity index (χ2n) is 5.17. The zero-order valence-corrected chi connectivity index (χ0v) is 14.5. The number of furan rings is 1. The molecule has 7 nitrogen and oxygen atoms in total. The summed E-state index contributed by atoms with van der Waals surface area (Å²) < 4.78 is 7.25. The van der Waals surface area contributed by atoms with Gasteiger partial charge in [-0.25, -0.2) is 0 Å². The molecule has 128 valence electrons. The van der Waals surface area contributed by atoms with Crippen molar-refractivity contribution in [3.05, 3.63) is 55.3 Å². The molecule has 0 aromatic carbocycles. The molecule has 0 aliphatic heterocycles. The summed E-state index contributed by atoms with van der Waals surface area (Å²) in [4.78, 5) is 16.1. The Morgan fingerprint density at radius 3 is 3.00 bits per heavy atom. The Morgan fingerprint density at radius 1 is 1.44 bits per heavy atom. The van der Waals surface area contributed by atoms with Crippen LogP contribution in [-0.4, -0.2) is 31.4 Å². The van der Waals surface area contributed by atoms with Crippen molar-refractivity contribution in [3.8, 4) is 11.4 Å². The van der Waals surface area contributed by atoms with Crippen molar-refractivity contribution < 1.29 is 9.21 Å². The van der Waals surface area contributed by atoms with Gasteiger partial charge < -0.3 is 9.73 Å². The van der Waals surface area contributed by atoms with Crippen LogP contribution in [0.5, 0.6) is 0 Å². The number of rotatable bonds is 7. The number of anilines is 1. The molecule has 1 N–H and O–H groups in total. The largest absolute Gasteiger partial charge is 0.469 e. The second-order valence-corrected chi connectivity index (χ2v) is 6.12. The highest BCUT2D eigenvalue weighted by Gasteiger charge is 2.17. The molecule has 3 aromatic heterocycles. The Hall–Kier alpha value is -2.87. The van der Waals surface area contributed by atoms with E-state index in [2.05, 4.69) is 27.1 Å². The third-order valence-corrected chi connectivity index (χ3v) is 4.37. The number of carbonyl (C=O) groups excluding carboxylic acids is 1. The van der Waals surface area contributed by atoms with Crippen LogP contribution in [0, 0.1) is 6.92 Å². The molecule has 25 heavy (non-hydrogen) atoms. The molecule has 0 aliphatic carbocycles. The van der Waals surface area contributed by atoms with Gasteiger partial charge in [-0.15, -0.1) is 16.8 Å². The number of allylic oxidation sites excluding steroid dienone is 1. The number of amides is 1. The summed E-state index contributed by atoms with van der Waals surface area (Å²) in [6, 6.07) is 5.40. The third kappa shape index (κ3) is 3.97. The first-order valence-corrected chi connectivity index (χ1v) is 8.59. The molecular formula is C17H17N5O2S. The van der Waals surface area contributed by atoms with Gasteiger partial charge in [-0.2, -0.15) is 0 Å². The summed E-state index contributed by atoms with van der Waals surface area (Å²) in [7, 11) is 0. The van der Waals surface area contributed by atoms with Gasteiger partial charge in [0.1, 0.15) is 5.76 Å². The number of hydrogen-bond acceptors (Lipinski definition) is 6. The monoisotopic (exact) mass is 355 g/mol. The fraction of sp³-hybridized carbons (Fsp3) is 0.176. The van der Waals surface area contributed by atoms with E-state index in [1.807, 2.05) is 17.6 Å². The molecule has 0 aliphatic rings. The van der Waals surface area contributed by atoms with Gasteiger partial charge in [0.15, 0.2) is 11.0 Å². The van der Waals surface area contributed by atoms with Crippen LogP contribution in [0.2, 0.25) is 0 Å². The van der Waals surface area contributed by atoms with Crippen LogP contribution >= 0.6 is 11.8 Å². The van der Waals surface area contributed by atoms with Gasteiger partial charge in [0.25, 0.3) is 0 Å². The van der Waals surface area contributed by atoms with Crippen LogP contribution in [0.4, 0.5) is 5.69 Å². The van der Waals surface area contributed by atoms with Crippen LogP contribution in [0.3, 0.4) is 0 Å². The lowest BCUT2D eigenvalue weighted by Crippen LogP contribution is -2.14. The smallest absolute Gasteiger partial charge is 0.234 e. The molecule has 0 spiro atoms. The van der Waals surface area contributed by atoms with Crippen LogP contribution in [-0.2, 0) is 11.3 Å². The molecule has 3 aromatic rings. The topological polar surface area (TPSA) is 85.8 Å². The van der Waals surface area contributed by atoms with E-state index in [4.69, 9.17) is 4.42 Å². The molecule has 0 fully saturated rings. The number of hydrogen-bond donors (Lipinski definition) is 1. The summed E-state index contributed by atoms with van der Waals surface area (Å²) in [5.41, 5.74) is 1.54. The first-order chi connectivity index (χ1) is 12.2. The first-order valence-electron chi connectivity index (χ1n) is 7.60. The minimum Gasteiger partial charge on any atom is -0.469 e. The maximum Gasteiger partial charge on any atom is 0.234 e. The summed E-state index contributed by atoms with van der Waals surface area (Å²) in [5.74, 6) is 1.55. The molecule has 8 heteroatoms. The number of nitrogens with one attached hydrogen (secondary N) is 1. The van der Waals surface area contributed by atoms with Gasteiger partial charge in [0.2, 0.25) is 5.91 Å². The fourth-order valence-electron chi connectivity index (χ4n) is 2.27. The lowest BCUT2D eigenvalue weighted by Gasteiger charge is -2.07. The van der Waals surface area contributed by atoms with E-state index < -0.39 is 0 Å². The molecule has 0 saturated heterocycles. The maximum atomic E-state index is 12.1. The number of carbonyl (C=O) groups is 1. The molecule has 3 rings (SSSR count).